The molecule has 2 bridgehead atoms. The van der Waals surface area contributed by atoms with Gasteiger partial charge in [0.25, 0.3) is 0 Å². The van der Waals surface area contributed by atoms with E-state index >= 15 is 0 Å². The standard InChI is InChI=1S/C15H20Br2O2/c1-3-5-6-7-12-15-8-11(17)14(19-15)9-13(18-12)10(16)4-2/h1,5-6,10-15H,4,7-9H2,2H3/b6-5-/t10?,11-,12-,13+,14-,15-/m0/s1. The molecule has 0 aromatic rings. The number of terminal acetylenes is 1. The van der Waals surface area contributed by atoms with Crippen LogP contribution in [0.2, 0.25) is 0 Å². The predicted octanol–water partition coefficient (Wildman–Crippen LogP) is 3.82. The average molecular weight is 392 g/mol. The fourth-order valence-electron chi connectivity index (χ4n) is 2.75. The molecule has 2 aliphatic heterocycles. The van der Waals surface area contributed by atoms with Crippen molar-refractivity contribution in [3.8, 4) is 12.3 Å². The highest BCUT2D eigenvalue weighted by Gasteiger charge is 2.44. The van der Waals surface area contributed by atoms with Gasteiger partial charge in [-0.15, -0.1) is 6.42 Å². The van der Waals surface area contributed by atoms with E-state index in [0.29, 0.717) is 9.65 Å². The van der Waals surface area contributed by atoms with Crippen molar-refractivity contribution in [3.63, 3.8) is 0 Å². The SMILES string of the molecule is C#C/C=C\C[C@@H]1O[C@@H](C(Br)CC)C[C@@H]2O[C@H]1C[C@@H]2Br. The van der Waals surface area contributed by atoms with Gasteiger partial charge in [0, 0.05) is 16.1 Å². The minimum atomic E-state index is 0.105. The Kier molecular flexibility index (Phi) is 5.95. The Labute approximate surface area is 132 Å². The van der Waals surface area contributed by atoms with Crippen molar-refractivity contribution in [2.75, 3.05) is 0 Å². The van der Waals surface area contributed by atoms with Gasteiger partial charge in [0.2, 0.25) is 0 Å². The highest BCUT2D eigenvalue weighted by Crippen LogP contribution is 2.38. The lowest BCUT2D eigenvalue weighted by atomic mass is 9.99. The largest absolute Gasteiger partial charge is 0.371 e. The Morgan fingerprint density at radius 2 is 2.16 bits per heavy atom. The summed E-state index contributed by atoms with van der Waals surface area (Å²) in [4.78, 5) is 0.828. The number of alkyl halides is 2. The summed E-state index contributed by atoms with van der Waals surface area (Å²) < 4.78 is 12.4. The van der Waals surface area contributed by atoms with Crippen molar-refractivity contribution in [2.45, 2.75) is 66.7 Å². The minimum Gasteiger partial charge on any atom is -0.371 e. The summed E-state index contributed by atoms with van der Waals surface area (Å²) >= 11 is 7.47. The summed E-state index contributed by atoms with van der Waals surface area (Å²) in [6.07, 6.45) is 13.6. The van der Waals surface area contributed by atoms with Crippen LogP contribution in [0.5, 0.6) is 0 Å². The molecule has 2 aliphatic rings. The maximum absolute atomic E-state index is 6.28. The molecule has 0 aromatic carbocycles. The maximum atomic E-state index is 6.28. The number of halogens is 2. The predicted molar refractivity (Wildman–Crippen MR) is 84.9 cm³/mol. The molecule has 19 heavy (non-hydrogen) atoms. The first kappa shape index (κ1) is 15.6. The van der Waals surface area contributed by atoms with Crippen LogP contribution in [0.3, 0.4) is 0 Å². The lowest BCUT2D eigenvalue weighted by Gasteiger charge is -2.29. The molecule has 4 heteroatoms. The maximum Gasteiger partial charge on any atom is 0.0876 e. The smallest absolute Gasteiger partial charge is 0.0876 e. The molecule has 2 nitrogen and oxygen atoms in total. The molecule has 0 radical (unpaired) electrons. The Morgan fingerprint density at radius 3 is 2.84 bits per heavy atom. The van der Waals surface area contributed by atoms with Gasteiger partial charge >= 0.3 is 0 Å². The molecule has 0 aliphatic carbocycles. The van der Waals surface area contributed by atoms with E-state index in [4.69, 9.17) is 15.9 Å². The number of hydrogen-bond donors (Lipinski definition) is 0. The average Bonchev–Trinajstić information content (AvgIpc) is 2.66. The molecule has 0 saturated carbocycles. The van der Waals surface area contributed by atoms with Crippen LogP contribution in [0.25, 0.3) is 0 Å². The summed E-state index contributed by atoms with van der Waals surface area (Å²) in [7, 11) is 0. The number of hydrogen-bond acceptors (Lipinski definition) is 2. The van der Waals surface area contributed by atoms with Gasteiger partial charge in [0.15, 0.2) is 0 Å². The van der Waals surface area contributed by atoms with E-state index in [2.05, 4.69) is 44.7 Å². The van der Waals surface area contributed by atoms with E-state index in [1.807, 2.05) is 6.08 Å². The normalized spacial score (nSPS) is 40.0. The van der Waals surface area contributed by atoms with Crippen LogP contribution in [0.1, 0.15) is 32.6 Å². The molecular weight excluding hydrogens is 372 g/mol. The van der Waals surface area contributed by atoms with Crippen molar-refractivity contribution >= 4 is 31.9 Å². The first-order valence-electron chi connectivity index (χ1n) is 6.85. The second-order valence-corrected chi connectivity index (χ2v) is 7.49. The summed E-state index contributed by atoms with van der Waals surface area (Å²) in [5.74, 6) is 2.52. The van der Waals surface area contributed by atoms with Crippen LogP contribution < -0.4 is 0 Å². The molecule has 2 fully saturated rings. The van der Waals surface area contributed by atoms with Crippen LogP contribution in [0, 0.1) is 12.3 Å². The van der Waals surface area contributed by atoms with Gasteiger partial charge < -0.3 is 9.47 Å². The van der Waals surface area contributed by atoms with Crippen LogP contribution in [0.4, 0.5) is 0 Å². The van der Waals surface area contributed by atoms with Crippen molar-refractivity contribution in [2.24, 2.45) is 0 Å². The van der Waals surface area contributed by atoms with Gasteiger partial charge in [-0.1, -0.05) is 50.8 Å². The van der Waals surface area contributed by atoms with Crippen molar-refractivity contribution in [1.82, 2.24) is 0 Å². The fraction of sp³-hybridized carbons (Fsp3) is 0.733. The summed E-state index contributed by atoms with van der Waals surface area (Å²) in [5.41, 5.74) is 0. The molecular formula is C15H20Br2O2. The van der Waals surface area contributed by atoms with E-state index in [1.54, 1.807) is 6.08 Å². The zero-order valence-corrected chi connectivity index (χ0v) is 14.3. The minimum absolute atomic E-state index is 0.105. The van der Waals surface area contributed by atoms with Crippen molar-refractivity contribution < 1.29 is 9.47 Å². The molecule has 6 atom stereocenters. The molecule has 0 amide bonds. The number of fused-ring (bicyclic) bond motifs is 2. The third kappa shape index (κ3) is 3.85. The van der Waals surface area contributed by atoms with E-state index in [0.717, 1.165) is 25.7 Å². The lowest BCUT2D eigenvalue weighted by Crippen LogP contribution is -2.36. The van der Waals surface area contributed by atoms with Gasteiger partial charge in [0.05, 0.1) is 24.4 Å². The van der Waals surface area contributed by atoms with Crippen LogP contribution in [-0.2, 0) is 9.47 Å². The van der Waals surface area contributed by atoms with Crippen molar-refractivity contribution in [1.29, 1.82) is 0 Å². The molecule has 2 rings (SSSR count). The number of allylic oxidation sites excluding steroid dienone is 1. The Balaban J connectivity index is 2.07. The summed E-state index contributed by atoms with van der Waals surface area (Å²) in [5, 5.41) is 0. The quantitative estimate of drug-likeness (QED) is 0.535. The molecule has 0 spiro atoms. The Morgan fingerprint density at radius 1 is 1.37 bits per heavy atom. The van der Waals surface area contributed by atoms with Gasteiger partial charge in [-0.05, 0) is 25.3 Å². The monoisotopic (exact) mass is 390 g/mol. The molecule has 0 aromatic heterocycles. The molecule has 2 heterocycles. The van der Waals surface area contributed by atoms with E-state index in [-0.39, 0.29) is 24.4 Å². The van der Waals surface area contributed by atoms with E-state index in [9.17, 15) is 0 Å². The second-order valence-electron chi connectivity index (χ2n) is 5.14. The first-order chi connectivity index (χ1) is 9.15. The highest BCUT2D eigenvalue weighted by atomic mass is 79.9. The fourth-order valence-corrected chi connectivity index (χ4v) is 3.80. The van der Waals surface area contributed by atoms with Crippen LogP contribution in [-0.4, -0.2) is 34.1 Å². The lowest BCUT2D eigenvalue weighted by molar-refractivity contribution is -0.0523. The zero-order chi connectivity index (χ0) is 13.8. The van der Waals surface area contributed by atoms with Gasteiger partial charge in [-0.25, -0.2) is 0 Å². The molecule has 106 valence electrons. The molecule has 1 unspecified atom stereocenters. The van der Waals surface area contributed by atoms with Crippen LogP contribution in [0.15, 0.2) is 12.2 Å². The van der Waals surface area contributed by atoms with E-state index < -0.39 is 0 Å². The van der Waals surface area contributed by atoms with Crippen LogP contribution >= 0.6 is 31.9 Å². The highest BCUT2D eigenvalue weighted by molar-refractivity contribution is 9.09. The molecule has 0 N–H and O–H groups in total. The number of ether oxygens (including phenoxy) is 2. The zero-order valence-electron chi connectivity index (χ0n) is 11.1. The van der Waals surface area contributed by atoms with Gasteiger partial charge in [0.1, 0.15) is 0 Å². The summed E-state index contributed by atoms with van der Waals surface area (Å²) in [6, 6.07) is 0. The topological polar surface area (TPSA) is 18.5 Å². The van der Waals surface area contributed by atoms with E-state index in [1.165, 1.54) is 0 Å². The third-order valence-electron chi connectivity index (χ3n) is 3.82. The molecule has 2 saturated heterocycles. The summed E-state index contributed by atoms with van der Waals surface area (Å²) in [6.45, 7) is 2.17. The Bertz CT molecular complexity index is 364. The third-order valence-corrected chi connectivity index (χ3v) is 6.02. The van der Waals surface area contributed by atoms with Crippen molar-refractivity contribution in [3.05, 3.63) is 12.2 Å². The van der Waals surface area contributed by atoms with Gasteiger partial charge in [-0.3, -0.25) is 0 Å². The number of rotatable bonds is 4. The Hall–Kier alpha value is 0.180. The first-order valence-corrected chi connectivity index (χ1v) is 8.69. The van der Waals surface area contributed by atoms with Gasteiger partial charge in [-0.2, -0.15) is 0 Å². The second kappa shape index (κ2) is 7.26.